The molecule has 39 heavy (non-hydrogen) atoms. The lowest BCUT2D eigenvalue weighted by Crippen LogP contribution is -2.47. The van der Waals surface area contributed by atoms with Crippen molar-refractivity contribution < 1.29 is 4.79 Å². The molecule has 208 valence electrons. The molecule has 5 heteroatoms. The molecule has 0 N–H and O–H groups in total. The van der Waals surface area contributed by atoms with E-state index in [-0.39, 0.29) is 23.7 Å². The molecule has 3 aromatic carbocycles. The van der Waals surface area contributed by atoms with Crippen molar-refractivity contribution in [1.82, 2.24) is 9.80 Å². The van der Waals surface area contributed by atoms with Crippen LogP contribution in [-0.2, 0) is 23.1 Å². The third kappa shape index (κ3) is 7.87. The molecule has 2 heterocycles. The van der Waals surface area contributed by atoms with Crippen molar-refractivity contribution in [3.63, 3.8) is 0 Å². The van der Waals surface area contributed by atoms with Crippen LogP contribution in [0.2, 0.25) is 5.02 Å². The highest BCUT2D eigenvalue weighted by molar-refractivity contribution is 6.30. The molecular weight excluding hydrogens is 523 g/mol. The summed E-state index contributed by atoms with van der Waals surface area (Å²) in [6.07, 6.45) is 7.44. The fraction of sp³-hybridized carbons (Fsp3) is 0.441. The molecule has 0 saturated carbocycles. The standard InChI is InChI=1S/C34H41ClN2O.ClH/c1-27-7-5-11-31(23-27)34(15-20-36-18-13-29(14-19-36)24-28-8-3-2-4-9-28)16-21-37(22-17-34)33(38)26-30-10-6-12-32(35)25-30;/h2-12,23,25,29H,13-22,24,26H2,1H3;1H. The van der Waals surface area contributed by atoms with Gasteiger partial charge in [-0.25, -0.2) is 0 Å². The van der Waals surface area contributed by atoms with Crippen molar-refractivity contribution in [3.8, 4) is 0 Å². The van der Waals surface area contributed by atoms with Crippen LogP contribution in [0.5, 0.6) is 0 Å². The van der Waals surface area contributed by atoms with Crippen molar-refractivity contribution in [2.45, 2.75) is 57.3 Å². The van der Waals surface area contributed by atoms with E-state index in [9.17, 15) is 4.79 Å². The number of rotatable bonds is 8. The van der Waals surface area contributed by atoms with Gasteiger partial charge >= 0.3 is 0 Å². The molecule has 2 aliphatic rings. The quantitative estimate of drug-likeness (QED) is 0.282. The number of benzene rings is 3. The monoisotopic (exact) mass is 564 g/mol. The van der Waals surface area contributed by atoms with Crippen molar-refractivity contribution in [3.05, 3.63) is 106 Å². The zero-order chi connectivity index (χ0) is 26.4. The maximum absolute atomic E-state index is 13.1. The van der Waals surface area contributed by atoms with Crippen LogP contribution in [0.1, 0.15) is 54.4 Å². The Morgan fingerprint density at radius 1 is 0.872 bits per heavy atom. The second-order valence-electron chi connectivity index (χ2n) is 11.6. The molecule has 3 nitrogen and oxygen atoms in total. The third-order valence-electron chi connectivity index (χ3n) is 8.93. The molecule has 0 aromatic heterocycles. The van der Waals surface area contributed by atoms with Gasteiger partial charge in [0.15, 0.2) is 0 Å². The molecule has 2 aliphatic heterocycles. The lowest BCUT2D eigenvalue weighted by Gasteiger charge is -2.44. The van der Waals surface area contributed by atoms with Crippen molar-refractivity contribution in [2.75, 3.05) is 32.7 Å². The number of halogens is 2. The number of amides is 1. The number of nitrogens with zero attached hydrogens (tertiary/aromatic N) is 2. The minimum atomic E-state index is 0. The summed E-state index contributed by atoms with van der Waals surface area (Å²) in [7, 11) is 0. The van der Waals surface area contributed by atoms with Gasteiger partial charge in [0.1, 0.15) is 0 Å². The molecule has 2 fully saturated rings. The van der Waals surface area contributed by atoms with E-state index < -0.39 is 0 Å². The van der Waals surface area contributed by atoms with Gasteiger partial charge in [-0.1, -0.05) is 83.9 Å². The molecule has 1 amide bonds. The zero-order valence-corrected chi connectivity index (χ0v) is 24.7. The summed E-state index contributed by atoms with van der Waals surface area (Å²) < 4.78 is 0. The van der Waals surface area contributed by atoms with E-state index in [1.807, 2.05) is 24.3 Å². The van der Waals surface area contributed by atoms with E-state index in [1.54, 1.807) is 0 Å². The van der Waals surface area contributed by atoms with E-state index in [4.69, 9.17) is 11.6 Å². The Hall–Kier alpha value is -2.33. The van der Waals surface area contributed by atoms with Crippen LogP contribution in [-0.4, -0.2) is 48.4 Å². The fourth-order valence-electron chi connectivity index (χ4n) is 6.51. The maximum atomic E-state index is 13.1. The van der Waals surface area contributed by atoms with E-state index in [2.05, 4.69) is 71.3 Å². The first-order chi connectivity index (χ1) is 18.5. The van der Waals surface area contributed by atoms with E-state index in [1.165, 1.54) is 49.0 Å². The normalized spacial score (nSPS) is 17.9. The largest absolute Gasteiger partial charge is 0.342 e. The SMILES string of the molecule is Cc1cccc(C2(CCN3CCC(Cc4ccccc4)CC3)CCN(C(=O)Cc3cccc(Cl)c3)CC2)c1.Cl. The van der Waals surface area contributed by atoms with Gasteiger partial charge in [-0.15, -0.1) is 12.4 Å². The van der Waals surface area contributed by atoms with Gasteiger partial charge in [-0.3, -0.25) is 4.79 Å². The first-order valence-corrected chi connectivity index (χ1v) is 14.7. The Bertz CT molecular complexity index is 1200. The van der Waals surface area contributed by atoms with Gasteiger partial charge in [-0.05, 0) is 105 Å². The zero-order valence-electron chi connectivity index (χ0n) is 23.2. The van der Waals surface area contributed by atoms with Crippen LogP contribution < -0.4 is 0 Å². The summed E-state index contributed by atoms with van der Waals surface area (Å²) in [6, 6.07) is 27.7. The number of hydrogen-bond acceptors (Lipinski definition) is 2. The number of carbonyl (C=O) groups excluding carboxylic acids is 1. The predicted molar refractivity (Wildman–Crippen MR) is 165 cm³/mol. The summed E-state index contributed by atoms with van der Waals surface area (Å²) in [4.78, 5) is 17.9. The Kier molecular flexibility index (Phi) is 10.5. The second-order valence-corrected chi connectivity index (χ2v) is 12.0. The van der Waals surface area contributed by atoms with Crippen LogP contribution in [0.3, 0.4) is 0 Å². The molecule has 0 radical (unpaired) electrons. The predicted octanol–water partition coefficient (Wildman–Crippen LogP) is 7.52. The van der Waals surface area contributed by atoms with Gasteiger partial charge in [-0.2, -0.15) is 0 Å². The van der Waals surface area contributed by atoms with Crippen LogP contribution in [0.4, 0.5) is 0 Å². The van der Waals surface area contributed by atoms with Crippen molar-refractivity contribution in [1.29, 1.82) is 0 Å². The van der Waals surface area contributed by atoms with Gasteiger partial charge in [0, 0.05) is 18.1 Å². The summed E-state index contributed by atoms with van der Waals surface area (Å²) in [5.41, 5.74) is 5.39. The summed E-state index contributed by atoms with van der Waals surface area (Å²) in [6.45, 7) is 7.39. The molecule has 3 aromatic rings. The second kappa shape index (κ2) is 13.8. The molecule has 0 aliphatic carbocycles. The van der Waals surface area contributed by atoms with Gasteiger partial charge in [0.25, 0.3) is 0 Å². The molecule has 0 spiro atoms. The lowest BCUT2D eigenvalue weighted by molar-refractivity contribution is -0.132. The van der Waals surface area contributed by atoms with Crippen LogP contribution in [0.25, 0.3) is 0 Å². The summed E-state index contributed by atoms with van der Waals surface area (Å²) in [5, 5.41) is 0.691. The van der Waals surface area contributed by atoms with Crippen LogP contribution in [0, 0.1) is 12.8 Å². The molecule has 0 atom stereocenters. The van der Waals surface area contributed by atoms with E-state index in [0.29, 0.717) is 11.4 Å². The maximum Gasteiger partial charge on any atom is 0.226 e. The summed E-state index contributed by atoms with van der Waals surface area (Å²) >= 11 is 6.15. The minimum Gasteiger partial charge on any atom is -0.342 e. The average molecular weight is 566 g/mol. The molecule has 2 saturated heterocycles. The summed E-state index contributed by atoms with van der Waals surface area (Å²) in [5.74, 6) is 1.01. The Morgan fingerprint density at radius 3 is 2.26 bits per heavy atom. The topological polar surface area (TPSA) is 23.6 Å². The number of likely N-dealkylation sites (tertiary alicyclic amines) is 2. The highest BCUT2D eigenvalue weighted by atomic mass is 35.5. The van der Waals surface area contributed by atoms with Crippen molar-refractivity contribution >= 4 is 29.9 Å². The van der Waals surface area contributed by atoms with Gasteiger partial charge < -0.3 is 9.80 Å². The number of aryl methyl sites for hydroxylation is 1. The number of hydrogen-bond donors (Lipinski definition) is 0. The minimum absolute atomic E-state index is 0. The first kappa shape index (κ1) is 29.6. The van der Waals surface area contributed by atoms with Gasteiger partial charge in [0.05, 0.1) is 6.42 Å². The number of piperidine rings is 2. The van der Waals surface area contributed by atoms with E-state index >= 15 is 0 Å². The Balaban J connectivity index is 0.00000353. The molecule has 0 unspecified atom stereocenters. The van der Waals surface area contributed by atoms with Crippen LogP contribution >= 0.6 is 24.0 Å². The first-order valence-electron chi connectivity index (χ1n) is 14.3. The lowest BCUT2D eigenvalue weighted by atomic mass is 9.70. The van der Waals surface area contributed by atoms with Crippen molar-refractivity contribution in [2.24, 2.45) is 5.92 Å². The van der Waals surface area contributed by atoms with Gasteiger partial charge in [0.2, 0.25) is 5.91 Å². The fourth-order valence-corrected chi connectivity index (χ4v) is 6.72. The Morgan fingerprint density at radius 2 is 1.56 bits per heavy atom. The molecule has 5 rings (SSSR count). The third-order valence-corrected chi connectivity index (χ3v) is 9.16. The molecular formula is C34H42Cl2N2O. The van der Waals surface area contributed by atoms with Crippen LogP contribution in [0.15, 0.2) is 78.9 Å². The Labute approximate surface area is 246 Å². The average Bonchev–Trinajstić information content (AvgIpc) is 2.93. The number of carbonyl (C=O) groups is 1. The van der Waals surface area contributed by atoms with E-state index in [0.717, 1.165) is 50.4 Å². The molecule has 0 bridgehead atoms. The highest BCUT2D eigenvalue weighted by Gasteiger charge is 2.38. The smallest absolute Gasteiger partial charge is 0.226 e. The highest BCUT2D eigenvalue weighted by Crippen LogP contribution is 2.40.